The predicted octanol–water partition coefficient (Wildman–Crippen LogP) is 1.92. The van der Waals surface area contributed by atoms with Crippen LogP contribution >= 0.6 is 0 Å². The molecule has 3 heterocycles. The standard InChI is InChI=1S/C20H20F3N5O2/c1-27-10-13(8-25-27)15-7-17(19(24)29)26-16-6-12(2-3-14(15)16)9-28-4-5-30-18(11-28)20(21,22)23/h2-3,6-8,10,18H,4-5,9,11H2,1H3,(H2,24,29)/p+1. The number of amides is 1. The number of aromatic nitrogens is 3. The number of alkyl halides is 3. The maximum Gasteiger partial charge on any atom is 0.415 e. The summed E-state index contributed by atoms with van der Waals surface area (Å²) in [5, 5.41) is 3.85. The van der Waals surface area contributed by atoms with Gasteiger partial charge < -0.3 is 10.5 Å². The molecule has 0 radical (unpaired) electrons. The van der Waals surface area contributed by atoms with Gasteiger partial charge in [-0.25, -0.2) is 4.98 Å². The number of nitrogens with zero attached hydrogens (tertiary/aromatic N) is 3. The van der Waals surface area contributed by atoms with Crippen LogP contribution in [-0.2, 0) is 18.3 Å². The molecule has 1 amide bonds. The van der Waals surface area contributed by atoms with Crippen molar-refractivity contribution in [3.05, 3.63) is 47.9 Å². The molecule has 30 heavy (non-hydrogen) atoms. The van der Waals surface area contributed by atoms with E-state index in [1.54, 1.807) is 27.9 Å². The fraction of sp³-hybridized carbons (Fsp3) is 0.350. The maximum atomic E-state index is 13.0. The number of rotatable bonds is 4. The number of aryl methyl sites for hydroxylation is 1. The number of ether oxygens (including phenoxy) is 1. The number of H-pyrrole nitrogens is 1. The lowest BCUT2D eigenvalue weighted by molar-refractivity contribution is -0.726. The molecule has 1 aliphatic rings. The van der Waals surface area contributed by atoms with Crippen LogP contribution in [0.25, 0.3) is 22.0 Å². The number of nitrogens with one attached hydrogen (secondary N) is 1. The fourth-order valence-electron chi connectivity index (χ4n) is 3.64. The molecule has 4 rings (SSSR count). The zero-order chi connectivity index (χ0) is 21.5. The fourth-order valence-corrected chi connectivity index (χ4v) is 3.64. The molecule has 2 aromatic heterocycles. The molecular formula is C20H21F3N5O2+. The van der Waals surface area contributed by atoms with Crippen LogP contribution in [0.5, 0.6) is 0 Å². The molecule has 1 unspecified atom stereocenters. The molecule has 0 aliphatic carbocycles. The van der Waals surface area contributed by atoms with Crippen molar-refractivity contribution in [2.45, 2.75) is 18.8 Å². The first-order chi connectivity index (χ1) is 14.2. The van der Waals surface area contributed by atoms with Gasteiger partial charge in [-0.2, -0.15) is 18.3 Å². The second kappa shape index (κ2) is 7.69. The minimum absolute atomic E-state index is 0.0243. The SMILES string of the molecule is C[n+]1cc(-c2cc(C(N)=O)nc3cc(CN4CCOC(C(F)(F)F)C4)ccc23)c[nH]1. The minimum Gasteiger partial charge on any atom is -0.366 e. The lowest BCUT2D eigenvalue weighted by atomic mass is 10.0. The number of carbonyl (C=O) groups excluding carboxylic acids is 1. The van der Waals surface area contributed by atoms with E-state index in [4.69, 9.17) is 10.5 Å². The van der Waals surface area contributed by atoms with E-state index in [-0.39, 0.29) is 18.8 Å². The highest BCUT2D eigenvalue weighted by molar-refractivity contribution is 6.00. The Hall–Kier alpha value is -2.98. The minimum atomic E-state index is -4.39. The molecule has 1 fully saturated rings. The third-order valence-corrected chi connectivity index (χ3v) is 5.12. The Morgan fingerprint density at radius 2 is 2.20 bits per heavy atom. The molecule has 7 nitrogen and oxygen atoms in total. The first-order valence-corrected chi connectivity index (χ1v) is 9.39. The number of pyridine rings is 1. The van der Waals surface area contributed by atoms with Gasteiger partial charge in [-0.05, 0) is 17.7 Å². The van der Waals surface area contributed by atoms with E-state index in [0.717, 1.165) is 22.1 Å². The number of halogens is 3. The monoisotopic (exact) mass is 420 g/mol. The lowest BCUT2D eigenvalue weighted by Crippen LogP contribution is -2.48. The van der Waals surface area contributed by atoms with E-state index in [0.29, 0.717) is 18.6 Å². The van der Waals surface area contributed by atoms with E-state index in [1.165, 1.54) is 0 Å². The molecule has 0 spiro atoms. The molecule has 10 heteroatoms. The number of morpholine rings is 1. The van der Waals surface area contributed by atoms with Gasteiger partial charge in [0.15, 0.2) is 13.2 Å². The number of aromatic amines is 1. The van der Waals surface area contributed by atoms with E-state index in [1.807, 2.05) is 25.4 Å². The quantitative estimate of drug-likeness (QED) is 0.632. The van der Waals surface area contributed by atoms with Gasteiger partial charge in [0.05, 0.1) is 23.9 Å². The van der Waals surface area contributed by atoms with Crippen LogP contribution in [0.1, 0.15) is 16.1 Å². The van der Waals surface area contributed by atoms with Crippen LogP contribution in [0, 0.1) is 0 Å². The highest BCUT2D eigenvalue weighted by Gasteiger charge is 2.43. The highest BCUT2D eigenvalue weighted by atomic mass is 19.4. The van der Waals surface area contributed by atoms with Crippen molar-refractivity contribution in [3.8, 4) is 11.1 Å². The van der Waals surface area contributed by atoms with E-state index in [9.17, 15) is 18.0 Å². The zero-order valence-electron chi connectivity index (χ0n) is 16.2. The first kappa shape index (κ1) is 20.3. The van der Waals surface area contributed by atoms with Gasteiger partial charge in [-0.3, -0.25) is 9.69 Å². The summed E-state index contributed by atoms with van der Waals surface area (Å²) in [6.45, 7) is 0.533. The van der Waals surface area contributed by atoms with Crippen LogP contribution < -0.4 is 10.4 Å². The molecule has 3 aromatic rings. The van der Waals surface area contributed by atoms with Crippen molar-refractivity contribution in [1.82, 2.24) is 15.0 Å². The van der Waals surface area contributed by atoms with Crippen LogP contribution in [-0.4, -0.2) is 52.9 Å². The van der Waals surface area contributed by atoms with Crippen molar-refractivity contribution in [3.63, 3.8) is 0 Å². The van der Waals surface area contributed by atoms with Gasteiger partial charge >= 0.3 is 6.18 Å². The average molecular weight is 420 g/mol. The molecule has 158 valence electrons. The summed E-state index contributed by atoms with van der Waals surface area (Å²) in [6, 6.07) is 7.16. The number of hydrogen-bond donors (Lipinski definition) is 2. The third-order valence-electron chi connectivity index (χ3n) is 5.12. The molecule has 0 saturated carbocycles. The van der Waals surface area contributed by atoms with E-state index in [2.05, 4.69) is 10.1 Å². The van der Waals surface area contributed by atoms with Gasteiger partial charge in [0.2, 0.25) is 6.20 Å². The molecule has 1 saturated heterocycles. The molecule has 1 atom stereocenters. The largest absolute Gasteiger partial charge is 0.415 e. The van der Waals surface area contributed by atoms with Crippen LogP contribution in [0.3, 0.4) is 0 Å². The van der Waals surface area contributed by atoms with Crippen LogP contribution in [0.4, 0.5) is 13.2 Å². The van der Waals surface area contributed by atoms with Crippen molar-refractivity contribution in [2.24, 2.45) is 12.8 Å². The number of primary amides is 1. The second-order valence-electron chi connectivity index (χ2n) is 7.38. The molecule has 0 bridgehead atoms. The maximum absolute atomic E-state index is 13.0. The highest BCUT2D eigenvalue weighted by Crippen LogP contribution is 2.30. The van der Waals surface area contributed by atoms with Gasteiger partial charge in [0, 0.05) is 30.6 Å². The van der Waals surface area contributed by atoms with Gasteiger partial charge in [-0.15, -0.1) is 4.68 Å². The van der Waals surface area contributed by atoms with Crippen LogP contribution in [0.2, 0.25) is 0 Å². The normalized spacial score (nSPS) is 18.1. The molecule has 1 aliphatic heterocycles. The van der Waals surface area contributed by atoms with Gasteiger partial charge in [0.25, 0.3) is 5.91 Å². The predicted molar refractivity (Wildman–Crippen MR) is 102 cm³/mol. The summed E-state index contributed by atoms with van der Waals surface area (Å²) in [7, 11) is 1.84. The van der Waals surface area contributed by atoms with Crippen molar-refractivity contribution < 1.29 is 27.4 Å². The topological polar surface area (TPSA) is 88.1 Å². The Bertz CT molecular complexity index is 1100. The summed E-state index contributed by atoms with van der Waals surface area (Å²) in [5.41, 5.74) is 8.59. The average Bonchev–Trinajstić information content (AvgIpc) is 3.12. The Morgan fingerprint density at radius 3 is 2.87 bits per heavy atom. The first-order valence-electron chi connectivity index (χ1n) is 9.39. The number of carbonyl (C=O) groups is 1. The zero-order valence-corrected chi connectivity index (χ0v) is 16.2. The molecule has 1 aromatic carbocycles. The summed E-state index contributed by atoms with van der Waals surface area (Å²) >= 11 is 0. The van der Waals surface area contributed by atoms with E-state index < -0.39 is 18.2 Å². The van der Waals surface area contributed by atoms with Gasteiger partial charge in [0.1, 0.15) is 5.69 Å². The lowest BCUT2D eigenvalue weighted by Gasteiger charge is -2.33. The summed E-state index contributed by atoms with van der Waals surface area (Å²) < 4.78 is 45.6. The molecular weight excluding hydrogens is 399 g/mol. The van der Waals surface area contributed by atoms with Crippen LogP contribution in [0.15, 0.2) is 36.7 Å². The van der Waals surface area contributed by atoms with E-state index >= 15 is 0 Å². The van der Waals surface area contributed by atoms with Crippen molar-refractivity contribution in [1.29, 1.82) is 0 Å². The number of fused-ring (bicyclic) bond motifs is 1. The Balaban J connectivity index is 1.67. The smallest absolute Gasteiger partial charge is 0.366 e. The summed E-state index contributed by atoms with van der Waals surface area (Å²) in [4.78, 5) is 17.8. The van der Waals surface area contributed by atoms with Crippen molar-refractivity contribution >= 4 is 16.8 Å². The van der Waals surface area contributed by atoms with Crippen molar-refractivity contribution in [2.75, 3.05) is 19.7 Å². The molecule has 3 N–H and O–H groups in total. The third kappa shape index (κ3) is 4.14. The second-order valence-corrected chi connectivity index (χ2v) is 7.38. The summed E-state index contributed by atoms with van der Waals surface area (Å²) in [6.07, 6.45) is -2.49. The summed E-state index contributed by atoms with van der Waals surface area (Å²) in [5.74, 6) is -0.648. The Morgan fingerprint density at radius 1 is 1.40 bits per heavy atom. The van der Waals surface area contributed by atoms with Gasteiger partial charge in [-0.1, -0.05) is 12.1 Å². The number of hydrogen-bond acceptors (Lipinski definition) is 4. The number of benzene rings is 1. The number of nitrogens with two attached hydrogens (primary N) is 1. The Labute approximate surface area is 170 Å². The Kier molecular flexibility index (Phi) is 5.20.